The fourth-order valence-corrected chi connectivity index (χ4v) is 3.40. The number of fused-ring (bicyclic) bond motifs is 1. The van der Waals surface area contributed by atoms with Gasteiger partial charge in [-0.1, -0.05) is 12.1 Å². The van der Waals surface area contributed by atoms with E-state index in [9.17, 15) is 4.79 Å². The number of amides is 1. The zero-order chi connectivity index (χ0) is 18.6. The lowest BCUT2D eigenvalue weighted by Gasteiger charge is -2.33. The molecule has 7 heteroatoms. The van der Waals surface area contributed by atoms with Crippen LogP contribution in [0.5, 0.6) is 5.75 Å². The van der Waals surface area contributed by atoms with Crippen LogP contribution in [-0.2, 0) is 0 Å². The molecule has 7 nitrogen and oxygen atoms in total. The maximum Gasteiger partial charge on any atom is 0.267 e. The minimum atomic E-state index is -0.550. The normalized spacial score (nSPS) is 15.0. The van der Waals surface area contributed by atoms with E-state index in [2.05, 4.69) is 25.9 Å². The molecule has 2 aromatic heterocycles. The number of rotatable bonds is 5. The molecule has 2 N–H and O–H groups in total. The van der Waals surface area contributed by atoms with Crippen LogP contribution in [0.25, 0.3) is 10.9 Å². The second kappa shape index (κ2) is 7.57. The highest BCUT2D eigenvalue weighted by atomic mass is 16.5. The van der Waals surface area contributed by atoms with E-state index in [1.165, 1.54) is 6.20 Å². The van der Waals surface area contributed by atoms with E-state index in [0.29, 0.717) is 18.3 Å². The molecule has 4 rings (SSSR count). The number of carbonyl (C=O) groups is 1. The van der Waals surface area contributed by atoms with Crippen molar-refractivity contribution >= 4 is 22.6 Å². The molecule has 0 unspecified atom stereocenters. The Bertz CT molecular complexity index is 949. The summed E-state index contributed by atoms with van der Waals surface area (Å²) in [4.78, 5) is 26.3. The molecular formula is C20H21N5O2. The summed E-state index contributed by atoms with van der Waals surface area (Å²) >= 11 is 0. The summed E-state index contributed by atoms with van der Waals surface area (Å²) in [5.41, 5.74) is 6.45. The SMILES string of the molecule is NC(=O)c1cc(OCC2CCN(c3ncnc4ccccc34)CC2)ccn1. The Hall–Kier alpha value is -3.22. The van der Waals surface area contributed by atoms with Crippen molar-refractivity contribution in [2.75, 3.05) is 24.6 Å². The Morgan fingerprint density at radius 1 is 1.15 bits per heavy atom. The van der Waals surface area contributed by atoms with Crippen molar-refractivity contribution in [2.45, 2.75) is 12.8 Å². The maximum atomic E-state index is 11.2. The fraction of sp³-hybridized carbons (Fsp3) is 0.300. The Kier molecular flexibility index (Phi) is 4.82. The molecule has 3 aromatic rings. The number of hydrogen-bond acceptors (Lipinski definition) is 6. The number of benzene rings is 1. The summed E-state index contributed by atoms with van der Waals surface area (Å²) in [5, 5.41) is 1.09. The van der Waals surface area contributed by atoms with Crippen LogP contribution in [0.4, 0.5) is 5.82 Å². The average Bonchev–Trinajstić information content (AvgIpc) is 2.72. The smallest absolute Gasteiger partial charge is 0.267 e. The molecule has 1 saturated heterocycles. The summed E-state index contributed by atoms with van der Waals surface area (Å²) in [7, 11) is 0. The fourth-order valence-electron chi connectivity index (χ4n) is 3.40. The number of nitrogens with two attached hydrogens (primary N) is 1. The summed E-state index contributed by atoms with van der Waals surface area (Å²) in [5.74, 6) is 1.54. The van der Waals surface area contributed by atoms with E-state index in [-0.39, 0.29) is 5.69 Å². The number of carbonyl (C=O) groups excluding carboxylic acids is 1. The number of nitrogens with zero attached hydrogens (tertiary/aromatic N) is 4. The first-order chi connectivity index (χ1) is 13.2. The Labute approximate surface area is 157 Å². The quantitative estimate of drug-likeness (QED) is 0.748. The van der Waals surface area contributed by atoms with Crippen molar-refractivity contribution in [1.82, 2.24) is 15.0 Å². The highest BCUT2D eigenvalue weighted by Crippen LogP contribution is 2.27. The van der Waals surface area contributed by atoms with Crippen molar-refractivity contribution in [1.29, 1.82) is 0 Å². The third-order valence-electron chi connectivity index (χ3n) is 4.91. The highest BCUT2D eigenvalue weighted by Gasteiger charge is 2.22. The van der Waals surface area contributed by atoms with E-state index in [0.717, 1.165) is 42.7 Å². The van der Waals surface area contributed by atoms with Crippen LogP contribution in [0.15, 0.2) is 48.9 Å². The predicted molar refractivity (Wildman–Crippen MR) is 103 cm³/mol. The first-order valence-electron chi connectivity index (χ1n) is 9.04. The van der Waals surface area contributed by atoms with Gasteiger partial charge in [0.2, 0.25) is 0 Å². The van der Waals surface area contributed by atoms with Crippen LogP contribution in [0.3, 0.4) is 0 Å². The monoisotopic (exact) mass is 363 g/mol. The number of piperidine rings is 1. The lowest BCUT2D eigenvalue weighted by Crippen LogP contribution is -2.36. The molecule has 0 bridgehead atoms. The summed E-state index contributed by atoms with van der Waals surface area (Å²) in [6.07, 6.45) is 5.21. The molecule has 1 aliphatic heterocycles. The van der Waals surface area contributed by atoms with Crippen LogP contribution in [0.1, 0.15) is 23.3 Å². The van der Waals surface area contributed by atoms with E-state index >= 15 is 0 Å². The Morgan fingerprint density at radius 3 is 2.78 bits per heavy atom. The lowest BCUT2D eigenvalue weighted by molar-refractivity contribution is 0.0995. The average molecular weight is 363 g/mol. The van der Waals surface area contributed by atoms with Gasteiger partial charge in [-0.25, -0.2) is 9.97 Å². The molecule has 1 aromatic carbocycles. The van der Waals surface area contributed by atoms with Gasteiger partial charge >= 0.3 is 0 Å². The van der Waals surface area contributed by atoms with Crippen molar-refractivity contribution in [3.05, 3.63) is 54.6 Å². The molecule has 27 heavy (non-hydrogen) atoms. The van der Waals surface area contributed by atoms with E-state index in [1.54, 1.807) is 18.5 Å². The molecule has 138 valence electrons. The Balaban J connectivity index is 1.36. The third-order valence-corrected chi connectivity index (χ3v) is 4.91. The molecule has 3 heterocycles. The van der Waals surface area contributed by atoms with Crippen LogP contribution >= 0.6 is 0 Å². The molecule has 1 aliphatic rings. The number of para-hydroxylation sites is 1. The molecule has 1 fully saturated rings. The molecule has 0 aliphatic carbocycles. The van der Waals surface area contributed by atoms with Gasteiger partial charge in [-0.3, -0.25) is 9.78 Å². The first-order valence-corrected chi connectivity index (χ1v) is 9.04. The number of primary amides is 1. The minimum absolute atomic E-state index is 0.220. The van der Waals surface area contributed by atoms with Gasteiger partial charge in [0.05, 0.1) is 12.1 Å². The van der Waals surface area contributed by atoms with Gasteiger partial charge in [0.1, 0.15) is 23.6 Å². The number of anilines is 1. The van der Waals surface area contributed by atoms with Gasteiger partial charge in [0, 0.05) is 30.7 Å². The minimum Gasteiger partial charge on any atom is -0.493 e. The largest absolute Gasteiger partial charge is 0.493 e. The van der Waals surface area contributed by atoms with Crippen LogP contribution in [0, 0.1) is 5.92 Å². The van der Waals surface area contributed by atoms with Crippen molar-refractivity contribution in [3.63, 3.8) is 0 Å². The zero-order valence-corrected chi connectivity index (χ0v) is 14.9. The topological polar surface area (TPSA) is 94.2 Å². The van der Waals surface area contributed by atoms with E-state index in [4.69, 9.17) is 10.5 Å². The molecular weight excluding hydrogens is 342 g/mol. The highest BCUT2D eigenvalue weighted by molar-refractivity contribution is 5.91. The second-order valence-corrected chi connectivity index (χ2v) is 6.70. The van der Waals surface area contributed by atoms with Gasteiger partial charge in [-0.2, -0.15) is 0 Å². The molecule has 1 amide bonds. The van der Waals surface area contributed by atoms with Gasteiger partial charge in [0.15, 0.2) is 0 Å². The standard InChI is InChI=1S/C20H21N5O2/c21-19(26)18-11-15(5-8-22-18)27-12-14-6-9-25(10-7-14)20-16-3-1-2-4-17(16)23-13-24-20/h1-5,8,11,13-14H,6-7,9-10,12H2,(H2,21,26). The van der Waals surface area contributed by atoms with Gasteiger partial charge in [-0.05, 0) is 37.0 Å². The van der Waals surface area contributed by atoms with Crippen molar-refractivity contribution in [2.24, 2.45) is 11.7 Å². The van der Waals surface area contributed by atoms with Gasteiger partial charge in [0.25, 0.3) is 5.91 Å². The van der Waals surface area contributed by atoms with Crippen LogP contribution in [0.2, 0.25) is 0 Å². The third kappa shape index (κ3) is 3.81. The van der Waals surface area contributed by atoms with E-state index in [1.807, 2.05) is 18.2 Å². The summed E-state index contributed by atoms with van der Waals surface area (Å²) in [6.45, 7) is 2.47. The van der Waals surface area contributed by atoms with Crippen LogP contribution in [-0.4, -0.2) is 40.6 Å². The number of ether oxygens (including phenoxy) is 1. The number of aromatic nitrogens is 3. The first kappa shape index (κ1) is 17.2. The van der Waals surface area contributed by atoms with Crippen molar-refractivity contribution in [3.8, 4) is 5.75 Å². The second-order valence-electron chi connectivity index (χ2n) is 6.70. The lowest BCUT2D eigenvalue weighted by atomic mass is 9.97. The summed E-state index contributed by atoms with van der Waals surface area (Å²) in [6, 6.07) is 11.4. The van der Waals surface area contributed by atoms with E-state index < -0.39 is 5.91 Å². The van der Waals surface area contributed by atoms with Crippen molar-refractivity contribution < 1.29 is 9.53 Å². The van der Waals surface area contributed by atoms with Gasteiger partial charge < -0.3 is 15.4 Å². The molecule has 0 saturated carbocycles. The number of hydrogen-bond donors (Lipinski definition) is 1. The predicted octanol–water partition coefficient (Wildman–Crippen LogP) is 2.42. The Morgan fingerprint density at radius 2 is 1.96 bits per heavy atom. The summed E-state index contributed by atoms with van der Waals surface area (Å²) < 4.78 is 5.86. The molecule has 0 radical (unpaired) electrons. The van der Waals surface area contributed by atoms with Crippen LogP contribution < -0.4 is 15.4 Å². The molecule has 0 atom stereocenters. The maximum absolute atomic E-state index is 11.2. The number of pyridine rings is 1. The zero-order valence-electron chi connectivity index (χ0n) is 14.9. The molecule has 0 spiro atoms. The van der Waals surface area contributed by atoms with Gasteiger partial charge in [-0.15, -0.1) is 0 Å².